The monoisotopic (exact) mass is 312 g/mol. The van der Waals surface area contributed by atoms with Crippen LogP contribution in [0.4, 0.5) is 0 Å². The first-order chi connectivity index (χ1) is 9.58. The Morgan fingerprint density at radius 1 is 1.43 bits per heavy atom. The lowest BCUT2D eigenvalue weighted by Crippen LogP contribution is -2.38. The van der Waals surface area contributed by atoms with E-state index >= 15 is 0 Å². The van der Waals surface area contributed by atoms with Gasteiger partial charge in [0.2, 0.25) is 0 Å². The minimum atomic E-state index is -0.263. The Morgan fingerprint density at radius 2 is 2.14 bits per heavy atom. The lowest BCUT2D eigenvalue weighted by molar-refractivity contribution is 0.0916. The number of ketones is 1. The number of hydrogen-bond donors (Lipinski definition) is 2. The van der Waals surface area contributed by atoms with Crippen LogP contribution in [0.25, 0.3) is 0 Å². The number of nitrogens with two attached hydrogens (primary N) is 1. The summed E-state index contributed by atoms with van der Waals surface area (Å²) in [6.45, 7) is 2.24. The fourth-order valence-electron chi connectivity index (χ4n) is 2.85. The predicted molar refractivity (Wildman–Crippen MR) is 81.0 cm³/mol. The molecule has 1 heterocycles. The molecule has 116 valence electrons. The van der Waals surface area contributed by atoms with Gasteiger partial charge in [-0.25, -0.2) is 0 Å². The molecular weight excluding hydrogens is 292 g/mol. The van der Waals surface area contributed by atoms with Crippen molar-refractivity contribution in [1.29, 1.82) is 0 Å². The summed E-state index contributed by atoms with van der Waals surface area (Å²) in [4.78, 5) is 24.1. The summed E-state index contributed by atoms with van der Waals surface area (Å²) >= 11 is 0. The van der Waals surface area contributed by atoms with Gasteiger partial charge in [0.05, 0.1) is 5.56 Å². The van der Waals surface area contributed by atoms with Crippen LogP contribution in [0.1, 0.15) is 57.9 Å². The fourth-order valence-corrected chi connectivity index (χ4v) is 2.85. The molecular formula is C15H21ClN2O3. The van der Waals surface area contributed by atoms with Gasteiger partial charge in [-0.1, -0.05) is 0 Å². The van der Waals surface area contributed by atoms with Crippen LogP contribution in [0.15, 0.2) is 4.42 Å². The molecule has 6 heteroatoms. The first kappa shape index (κ1) is 16.0. The van der Waals surface area contributed by atoms with Gasteiger partial charge in [0.15, 0.2) is 11.5 Å². The van der Waals surface area contributed by atoms with Crippen molar-refractivity contribution in [2.45, 2.75) is 45.1 Å². The Balaban J connectivity index is 0.00000161. The molecule has 1 aromatic heterocycles. The number of nitrogens with one attached hydrogen (secondary N) is 1. The summed E-state index contributed by atoms with van der Waals surface area (Å²) in [6.07, 6.45) is 4.38. The van der Waals surface area contributed by atoms with Crippen molar-refractivity contribution < 1.29 is 14.0 Å². The minimum Gasteiger partial charge on any atom is -0.455 e. The van der Waals surface area contributed by atoms with Crippen molar-refractivity contribution in [2.75, 3.05) is 6.54 Å². The lowest BCUT2D eigenvalue weighted by atomic mass is 9.94. The molecule has 3 rings (SSSR count). The van der Waals surface area contributed by atoms with Crippen LogP contribution in [0, 0.1) is 12.8 Å². The quantitative estimate of drug-likeness (QED) is 0.890. The number of aryl methyl sites for hydroxylation is 1. The highest BCUT2D eigenvalue weighted by molar-refractivity contribution is 6.03. The Bertz CT molecular complexity index is 564. The number of Topliss-reactive ketones (excluding diaryl/α,β-unsaturated/α-hetero) is 1. The van der Waals surface area contributed by atoms with Gasteiger partial charge in [0.1, 0.15) is 5.76 Å². The van der Waals surface area contributed by atoms with Gasteiger partial charge in [-0.15, -0.1) is 12.4 Å². The van der Waals surface area contributed by atoms with E-state index in [2.05, 4.69) is 5.32 Å². The summed E-state index contributed by atoms with van der Waals surface area (Å²) in [5.74, 6) is 1.30. The van der Waals surface area contributed by atoms with Crippen LogP contribution in [0.5, 0.6) is 0 Å². The van der Waals surface area contributed by atoms with Crippen LogP contribution >= 0.6 is 12.4 Å². The molecule has 1 saturated carbocycles. The third-order valence-electron chi connectivity index (χ3n) is 4.24. The highest BCUT2D eigenvalue weighted by Crippen LogP contribution is 2.31. The first-order valence-electron chi connectivity index (χ1n) is 7.27. The van der Waals surface area contributed by atoms with Gasteiger partial charge in [0, 0.05) is 31.0 Å². The molecule has 0 saturated heterocycles. The second kappa shape index (κ2) is 6.20. The molecule has 0 radical (unpaired) electrons. The normalized spacial score (nSPS) is 18.7. The van der Waals surface area contributed by atoms with Gasteiger partial charge < -0.3 is 15.5 Å². The molecule has 2 aliphatic carbocycles. The Morgan fingerprint density at radius 3 is 2.76 bits per heavy atom. The van der Waals surface area contributed by atoms with E-state index < -0.39 is 0 Å². The fraction of sp³-hybridized carbons (Fsp3) is 0.600. The topological polar surface area (TPSA) is 85.3 Å². The van der Waals surface area contributed by atoms with Gasteiger partial charge >= 0.3 is 0 Å². The van der Waals surface area contributed by atoms with Crippen LogP contribution in [0.3, 0.4) is 0 Å². The van der Waals surface area contributed by atoms with Crippen molar-refractivity contribution in [3.63, 3.8) is 0 Å². The third-order valence-corrected chi connectivity index (χ3v) is 4.24. The van der Waals surface area contributed by atoms with E-state index in [4.69, 9.17) is 10.2 Å². The van der Waals surface area contributed by atoms with Crippen molar-refractivity contribution >= 4 is 24.1 Å². The second-order valence-electron chi connectivity index (χ2n) is 5.84. The Hall–Kier alpha value is -1.33. The SMILES string of the molecule is Cc1c(C(=O)NCC(N)C2CC2)oc2c1C(=O)CCC2.Cl. The number of carbonyl (C=O) groups excluding carboxylic acids is 2. The Labute approximate surface area is 130 Å². The van der Waals surface area contributed by atoms with Crippen molar-refractivity contribution in [3.05, 3.63) is 22.6 Å². The molecule has 0 spiro atoms. The zero-order chi connectivity index (χ0) is 14.3. The largest absolute Gasteiger partial charge is 0.455 e. The van der Waals surface area contributed by atoms with E-state index in [0.717, 1.165) is 25.7 Å². The maximum Gasteiger partial charge on any atom is 0.287 e. The summed E-state index contributed by atoms with van der Waals surface area (Å²) in [5, 5.41) is 2.82. The first-order valence-corrected chi connectivity index (χ1v) is 7.27. The lowest BCUT2D eigenvalue weighted by Gasteiger charge is -2.10. The molecule has 1 atom stereocenters. The van der Waals surface area contributed by atoms with Crippen LogP contribution < -0.4 is 11.1 Å². The minimum absolute atomic E-state index is 0. The molecule has 1 fully saturated rings. The van der Waals surface area contributed by atoms with E-state index in [9.17, 15) is 9.59 Å². The number of carbonyl (C=O) groups is 2. The predicted octanol–water partition coefficient (Wildman–Crippen LogP) is 2.00. The molecule has 0 aromatic carbocycles. The maximum absolute atomic E-state index is 12.2. The van der Waals surface area contributed by atoms with Crippen LogP contribution in [-0.4, -0.2) is 24.3 Å². The van der Waals surface area contributed by atoms with Crippen molar-refractivity contribution in [1.82, 2.24) is 5.32 Å². The maximum atomic E-state index is 12.2. The van der Waals surface area contributed by atoms with E-state index in [0.29, 0.717) is 35.8 Å². The number of rotatable bonds is 4. The molecule has 1 amide bonds. The van der Waals surface area contributed by atoms with E-state index in [1.54, 1.807) is 6.92 Å². The van der Waals surface area contributed by atoms with Crippen LogP contribution in [-0.2, 0) is 6.42 Å². The van der Waals surface area contributed by atoms with E-state index in [-0.39, 0.29) is 35.9 Å². The van der Waals surface area contributed by atoms with Crippen molar-refractivity contribution in [3.8, 4) is 0 Å². The molecule has 0 bridgehead atoms. The summed E-state index contributed by atoms with van der Waals surface area (Å²) in [6, 6.07) is 0.0190. The number of fused-ring (bicyclic) bond motifs is 1. The highest BCUT2D eigenvalue weighted by Gasteiger charge is 2.31. The van der Waals surface area contributed by atoms with Crippen LogP contribution in [0.2, 0.25) is 0 Å². The number of furan rings is 1. The average Bonchev–Trinajstić information content (AvgIpc) is 3.21. The second-order valence-corrected chi connectivity index (χ2v) is 5.84. The number of amides is 1. The highest BCUT2D eigenvalue weighted by atomic mass is 35.5. The van der Waals surface area contributed by atoms with Gasteiger partial charge in [-0.3, -0.25) is 9.59 Å². The Kier molecular flexibility index (Phi) is 4.74. The summed E-state index contributed by atoms with van der Waals surface area (Å²) in [7, 11) is 0. The molecule has 1 aromatic rings. The molecule has 3 N–H and O–H groups in total. The standard InChI is InChI=1S/C15H20N2O3.ClH/c1-8-13-11(18)3-2-4-12(13)20-14(8)15(19)17-7-10(16)9-5-6-9;/h9-10H,2-7,16H2,1H3,(H,17,19);1H. The van der Waals surface area contributed by atoms with Gasteiger partial charge in [0.25, 0.3) is 5.91 Å². The smallest absolute Gasteiger partial charge is 0.287 e. The molecule has 1 unspecified atom stereocenters. The summed E-state index contributed by atoms with van der Waals surface area (Å²) in [5.41, 5.74) is 7.25. The van der Waals surface area contributed by atoms with Crippen molar-refractivity contribution in [2.24, 2.45) is 11.7 Å². The van der Waals surface area contributed by atoms with E-state index in [1.165, 1.54) is 0 Å². The molecule has 0 aliphatic heterocycles. The number of hydrogen-bond acceptors (Lipinski definition) is 4. The summed E-state index contributed by atoms with van der Waals surface area (Å²) < 4.78 is 5.60. The van der Waals surface area contributed by atoms with Gasteiger partial charge in [-0.05, 0) is 32.1 Å². The average molecular weight is 313 g/mol. The van der Waals surface area contributed by atoms with Gasteiger partial charge in [-0.2, -0.15) is 0 Å². The molecule has 21 heavy (non-hydrogen) atoms. The zero-order valence-electron chi connectivity index (χ0n) is 12.1. The van der Waals surface area contributed by atoms with E-state index in [1.807, 2.05) is 0 Å². The third kappa shape index (κ3) is 3.14. The number of halogens is 1. The zero-order valence-corrected chi connectivity index (χ0v) is 12.9. The molecule has 2 aliphatic rings. The molecule has 5 nitrogen and oxygen atoms in total.